The third kappa shape index (κ3) is 2.00. The number of fused-ring (bicyclic) bond motifs is 1. The van der Waals surface area contributed by atoms with E-state index in [1.54, 1.807) is 0 Å². The molecule has 0 saturated heterocycles. The molecule has 2 heterocycles. The summed E-state index contributed by atoms with van der Waals surface area (Å²) in [6, 6.07) is 5.58. The molecule has 0 saturated carbocycles. The molecule has 18 heavy (non-hydrogen) atoms. The highest BCUT2D eigenvalue weighted by Crippen LogP contribution is 2.32. The summed E-state index contributed by atoms with van der Waals surface area (Å²) in [6.07, 6.45) is 2.95. The molecule has 3 rings (SSSR count). The molecular weight excluding hydrogens is 234 g/mol. The quantitative estimate of drug-likeness (QED) is 0.848. The summed E-state index contributed by atoms with van der Waals surface area (Å²) in [6.45, 7) is 0.674. The molecule has 6 nitrogen and oxygen atoms in total. The second-order valence-electron chi connectivity index (χ2n) is 3.84. The molecule has 1 aromatic carbocycles. The number of nitrogens with zero attached hydrogens (tertiary/aromatic N) is 1. The zero-order chi connectivity index (χ0) is 12.4. The molecule has 1 amide bonds. The highest BCUT2D eigenvalue weighted by atomic mass is 16.7. The molecule has 2 aromatic rings. The fraction of sp³-hybridized carbons (Fsp3) is 0.167. The van der Waals surface area contributed by atoms with Gasteiger partial charge in [-0.2, -0.15) is 0 Å². The van der Waals surface area contributed by atoms with Crippen LogP contribution in [0.2, 0.25) is 0 Å². The lowest BCUT2D eigenvalue weighted by atomic mass is 10.2. The Labute approximate surface area is 103 Å². The van der Waals surface area contributed by atoms with Crippen LogP contribution in [-0.2, 0) is 6.54 Å². The first-order valence-corrected chi connectivity index (χ1v) is 5.48. The predicted octanol–water partition coefficient (Wildman–Crippen LogP) is 1.07. The van der Waals surface area contributed by atoms with Crippen molar-refractivity contribution in [3.63, 3.8) is 0 Å². The largest absolute Gasteiger partial charge is 0.454 e. The van der Waals surface area contributed by atoms with Crippen molar-refractivity contribution >= 4 is 5.91 Å². The van der Waals surface area contributed by atoms with E-state index in [-0.39, 0.29) is 12.7 Å². The number of amides is 1. The zero-order valence-corrected chi connectivity index (χ0v) is 9.47. The molecule has 0 radical (unpaired) electrons. The molecule has 0 unspecified atom stereocenters. The average Bonchev–Trinajstić information content (AvgIpc) is 3.05. The van der Waals surface area contributed by atoms with Gasteiger partial charge in [-0.05, 0) is 17.7 Å². The van der Waals surface area contributed by atoms with Crippen molar-refractivity contribution in [1.82, 2.24) is 15.3 Å². The van der Waals surface area contributed by atoms with Crippen LogP contribution in [-0.4, -0.2) is 22.7 Å². The van der Waals surface area contributed by atoms with Crippen molar-refractivity contribution in [3.8, 4) is 11.5 Å². The first-order valence-electron chi connectivity index (χ1n) is 5.48. The van der Waals surface area contributed by atoms with Crippen LogP contribution in [0.5, 0.6) is 11.5 Å². The molecular formula is C12H11N3O3. The number of carbonyl (C=O) groups is 1. The van der Waals surface area contributed by atoms with E-state index in [0.29, 0.717) is 18.0 Å². The van der Waals surface area contributed by atoms with Crippen LogP contribution in [0.4, 0.5) is 0 Å². The number of aromatic nitrogens is 2. The van der Waals surface area contributed by atoms with Crippen molar-refractivity contribution in [2.24, 2.45) is 0 Å². The molecule has 0 atom stereocenters. The minimum absolute atomic E-state index is 0.190. The molecule has 1 aliphatic rings. The van der Waals surface area contributed by atoms with E-state index in [1.165, 1.54) is 12.5 Å². The number of aromatic amines is 1. The van der Waals surface area contributed by atoms with Gasteiger partial charge in [0.1, 0.15) is 5.69 Å². The van der Waals surface area contributed by atoms with Gasteiger partial charge in [0, 0.05) is 6.54 Å². The summed E-state index contributed by atoms with van der Waals surface area (Å²) in [4.78, 5) is 18.2. The third-order valence-electron chi connectivity index (χ3n) is 2.63. The van der Waals surface area contributed by atoms with Gasteiger partial charge in [-0.15, -0.1) is 0 Å². The summed E-state index contributed by atoms with van der Waals surface area (Å²) in [5, 5.41) is 2.79. The van der Waals surface area contributed by atoms with Gasteiger partial charge in [0.05, 0.1) is 12.5 Å². The van der Waals surface area contributed by atoms with Crippen molar-refractivity contribution in [3.05, 3.63) is 42.0 Å². The number of nitrogens with one attached hydrogen (secondary N) is 2. The molecule has 0 fully saturated rings. The zero-order valence-electron chi connectivity index (χ0n) is 9.47. The average molecular weight is 245 g/mol. The van der Waals surface area contributed by atoms with E-state index in [9.17, 15) is 4.79 Å². The van der Waals surface area contributed by atoms with Crippen LogP contribution in [0.25, 0.3) is 0 Å². The minimum atomic E-state index is -0.190. The number of benzene rings is 1. The van der Waals surface area contributed by atoms with E-state index in [0.717, 1.165) is 11.3 Å². The molecule has 2 N–H and O–H groups in total. The van der Waals surface area contributed by atoms with E-state index >= 15 is 0 Å². The second kappa shape index (κ2) is 4.40. The summed E-state index contributed by atoms with van der Waals surface area (Å²) in [5.41, 5.74) is 1.39. The van der Waals surface area contributed by atoms with Crippen LogP contribution >= 0.6 is 0 Å². The number of hydrogen-bond acceptors (Lipinski definition) is 4. The number of carbonyl (C=O) groups excluding carboxylic acids is 1. The summed E-state index contributed by atoms with van der Waals surface area (Å²) >= 11 is 0. The van der Waals surface area contributed by atoms with Gasteiger partial charge in [0.25, 0.3) is 5.91 Å². The van der Waals surface area contributed by atoms with Gasteiger partial charge in [-0.3, -0.25) is 4.79 Å². The van der Waals surface area contributed by atoms with E-state index in [2.05, 4.69) is 15.3 Å². The van der Waals surface area contributed by atoms with Crippen LogP contribution < -0.4 is 14.8 Å². The first-order chi connectivity index (χ1) is 8.83. The second-order valence-corrected chi connectivity index (χ2v) is 3.84. The Morgan fingerprint density at radius 1 is 1.39 bits per heavy atom. The van der Waals surface area contributed by atoms with E-state index in [1.807, 2.05) is 18.2 Å². The fourth-order valence-corrected chi connectivity index (χ4v) is 1.71. The Hall–Kier alpha value is -2.50. The standard InChI is InChI=1S/C12H11N3O3/c16-12(9-5-13-6-15-9)14-4-8-1-2-10-11(3-8)18-7-17-10/h1-3,5-6H,4,7H2,(H,13,15)(H,14,16). The lowest BCUT2D eigenvalue weighted by molar-refractivity contribution is 0.0946. The highest BCUT2D eigenvalue weighted by Gasteiger charge is 2.13. The van der Waals surface area contributed by atoms with Crippen LogP contribution in [0.15, 0.2) is 30.7 Å². The van der Waals surface area contributed by atoms with Crippen molar-refractivity contribution in [2.45, 2.75) is 6.54 Å². The van der Waals surface area contributed by atoms with Gasteiger partial charge < -0.3 is 19.8 Å². The van der Waals surface area contributed by atoms with Crippen LogP contribution in [0.3, 0.4) is 0 Å². The summed E-state index contributed by atoms with van der Waals surface area (Å²) in [5.74, 6) is 1.26. The monoisotopic (exact) mass is 245 g/mol. The summed E-state index contributed by atoms with van der Waals surface area (Å²) < 4.78 is 10.5. The highest BCUT2D eigenvalue weighted by molar-refractivity contribution is 5.91. The van der Waals surface area contributed by atoms with Gasteiger partial charge in [0.2, 0.25) is 6.79 Å². The van der Waals surface area contributed by atoms with Gasteiger partial charge in [-0.25, -0.2) is 4.98 Å². The van der Waals surface area contributed by atoms with Gasteiger partial charge in [-0.1, -0.05) is 6.07 Å². The summed E-state index contributed by atoms with van der Waals surface area (Å²) in [7, 11) is 0. The van der Waals surface area contributed by atoms with Gasteiger partial charge in [0.15, 0.2) is 11.5 Å². The van der Waals surface area contributed by atoms with Crippen molar-refractivity contribution < 1.29 is 14.3 Å². The molecule has 6 heteroatoms. The maximum atomic E-state index is 11.7. The SMILES string of the molecule is O=C(NCc1ccc2c(c1)OCO2)c1cnc[nH]1. The predicted molar refractivity (Wildman–Crippen MR) is 62.3 cm³/mol. The molecule has 0 bridgehead atoms. The number of ether oxygens (including phenoxy) is 2. The number of H-pyrrole nitrogens is 1. The van der Waals surface area contributed by atoms with Crippen LogP contribution in [0.1, 0.15) is 16.1 Å². The van der Waals surface area contributed by atoms with Crippen molar-refractivity contribution in [2.75, 3.05) is 6.79 Å². The van der Waals surface area contributed by atoms with E-state index < -0.39 is 0 Å². The first kappa shape index (κ1) is 10.6. The Bertz CT molecular complexity index is 566. The van der Waals surface area contributed by atoms with Crippen molar-refractivity contribution in [1.29, 1.82) is 0 Å². The Morgan fingerprint density at radius 3 is 3.11 bits per heavy atom. The molecule has 1 aromatic heterocycles. The minimum Gasteiger partial charge on any atom is -0.454 e. The molecule has 0 spiro atoms. The molecule has 92 valence electrons. The topological polar surface area (TPSA) is 76.2 Å². The smallest absolute Gasteiger partial charge is 0.269 e. The van der Waals surface area contributed by atoms with E-state index in [4.69, 9.17) is 9.47 Å². The molecule has 0 aliphatic carbocycles. The maximum Gasteiger partial charge on any atom is 0.269 e. The maximum absolute atomic E-state index is 11.7. The molecule has 1 aliphatic heterocycles. The Kier molecular flexibility index (Phi) is 2.60. The van der Waals surface area contributed by atoms with Crippen LogP contribution in [0, 0.1) is 0 Å². The van der Waals surface area contributed by atoms with Gasteiger partial charge >= 0.3 is 0 Å². The fourth-order valence-electron chi connectivity index (χ4n) is 1.71. The lowest BCUT2D eigenvalue weighted by Crippen LogP contribution is -2.23. The number of rotatable bonds is 3. The lowest BCUT2D eigenvalue weighted by Gasteiger charge is -2.04. The number of hydrogen-bond donors (Lipinski definition) is 2. The Morgan fingerprint density at radius 2 is 2.28 bits per heavy atom. The Balaban J connectivity index is 1.65. The third-order valence-corrected chi connectivity index (χ3v) is 2.63. The number of imidazole rings is 1. The normalized spacial score (nSPS) is 12.4.